The molecular formula is C21H33N5O2. The molecule has 1 amide bonds. The molecule has 1 N–H and O–H groups in total. The molecule has 2 heterocycles. The van der Waals surface area contributed by atoms with Gasteiger partial charge in [0.15, 0.2) is 5.96 Å². The maximum atomic E-state index is 12.0. The van der Waals surface area contributed by atoms with Gasteiger partial charge in [-0.15, -0.1) is 0 Å². The summed E-state index contributed by atoms with van der Waals surface area (Å²) >= 11 is 0. The number of fused-ring (bicyclic) bond motifs is 1. The van der Waals surface area contributed by atoms with Crippen molar-refractivity contribution in [3.63, 3.8) is 0 Å². The van der Waals surface area contributed by atoms with E-state index in [4.69, 9.17) is 4.74 Å². The van der Waals surface area contributed by atoms with Gasteiger partial charge in [0.25, 0.3) is 0 Å². The number of likely N-dealkylation sites (N-methyl/N-ethyl adjacent to an activating group) is 1. The van der Waals surface area contributed by atoms with Gasteiger partial charge in [-0.25, -0.2) is 4.99 Å². The van der Waals surface area contributed by atoms with Crippen LogP contribution in [0.1, 0.15) is 17.5 Å². The van der Waals surface area contributed by atoms with Crippen LogP contribution in [0.25, 0.3) is 0 Å². The first-order chi connectivity index (χ1) is 13.6. The van der Waals surface area contributed by atoms with Gasteiger partial charge in [-0.1, -0.05) is 24.3 Å². The normalized spacial score (nSPS) is 17.9. The quantitative estimate of drug-likeness (QED) is 0.445. The molecule has 2 aliphatic rings. The molecule has 0 aliphatic carbocycles. The number of amides is 1. The van der Waals surface area contributed by atoms with Gasteiger partial charge in [-0.2, -0.15) is 0 Å². The van der Waals surface area contributed by atoms with Crippen molar-refractivity contribution < 1.29 is 9.53 Å². The van der Waals surface area contributed by atoms with Gasteiger partial charge in [-0.05, 0) is 30.5 Å². The molecule has 1 aromatic carbocycles. The molecule has 3 rings (SSSR count). The van der Waals surface area contributed by atoms with Crippen LogP contribution < -0.4 is 5.32 Å². The van der Waals surface area contributed by atoms with Crippen LogP contribution in [-0.2, 0) is 22.5 Å². The summed E-state index contributed by atoms with van der Waals surface area (Å²) in [6.45, 7) is 7.54. The highest BCUT2D eigenvalue weighted by atomic mass is 16.5. The zero-order valence-corrected chi connectivity index (χ0v) is 17.2. The molecule has 1 saturated heterocycles. The van der Waals surface area contributed by atoms with E-state index in [2.05, 4.69) is 44.4 Å². The number of benzene rings is 1. The standard InChI is InChI=1S/C21H33N5O2/c1-24(2)20(27)16-23-21(22-9-5-10-25-12-14-28-15-13-25)26-11-8-18-6-3-4-7-19(18)17-26/h3-4,6-7H,5,8-17H2,1-2H3,(H,22,23). The second kappa shape index (κ2) is 10.4. The third-order valence-corrected chi connectivity index (χ3v) is 5.33. The van der Waals surface area contributed by atoms with E-state index in [-0.39, 0.29) is 12.5 Å². The first-order valence-electron chi connectivity index (χ1n) is 10.2. The van der Waals surface area contributed by atoms with Crippen molar-refractivity contribution in [2.75, 3.05) is 66.6 Å². The number of morpholine rings is 1. The summed E-state index contributed by atoms with van der Waals surface area (Å²) in [5.41, 5.74) is 2.75. The summed E-state index contributed by atoms with van der Waals surface area (Å²) in [5, 5.41) is 3.50. The van der Waals surface area contributed by atoms with Crippen molar-refractivity contribution in [3.8, 4) is 0 Å². The zero-order chi connectivity index (χ0) is 19.8. The number of hydrogen-bond donors (Lipinski definition) is 1. The Balaban J connectivity index is 1.57. The lowest BCUT2D eigenvalue weighted by molar-refractivity contribution is -0.127. The molecule has 0 radical (unpaired) electrons. The average Bonchev–Trinajstić information content (AvgIpc) is 2.73. The van der Waals surface area contributed by atoms with Crippen LogP contribution in [-0.4, -0.2) is 93.1 Å². The number of carbonyl (C=O) groups excluding carboxylic acids is 1. The first-order valence-corrected chi connectivity index (χ1v) is 10.2. The van der Waals surface area contributed by atoms with Gasteiger partial charge < -0.3 is 19.9 Å². The van der Waals surface area contributed by atoms with E-state index in [0.717, 1.165) is 71.3 Å². The summed E-state index contributed by atoms with van der Waals surface area (Å²) in [7, 11) is 3.54. The summed E-state index contributed by atoms with van der Waals surface area (Å²) in [4.78, 5) is 22.9. The van der Waals surface area contributed by atoms with Crippen LogP contribution in [0.4, 0.5) is 0 Å². The Labute approximate surface area is 168 Å². The van der Waals surface area contributed by atoms with Crippen LogP contribution in [0.3, 0.4) is 0 Å². The molecule has 28 heavy (non-hydrogen) atoms. The largest absolute Gasteiger partial charge is 0.379 e. The highest BCUT2D eigenvalue weighted by Gasteiger charge is 2.19. The van der Waals surface area contributed by atoms with E-state index in [1.165, 1.54) is 11.1 Å². The van der Waals surface area contributed by atoms with Gasteiger partial charge in [0.2, 0.25) is 5.91 Å². The molecule has 0 aromatic heterocycles. The molecular weight excluding hydrogens is 354 g/mol. The number of guanidine groups is 1. The Morgan fingerprint density at radius 3 is 2.68 bits per heavy atom. The smallest absolute Gasteiger partial charge is 0.243 e. The fourth-order valence-electron chi connectivity index (χ4n) is 3.56. The fraction of sp³-hybridized carbons (Fsp3) is 0.619. The molecule has 0 spiro atoms. The summed E-state index contributed by atoms with van der Waals surface area (Å²) < 4.78 is 5.41. The van der Waals surface area contributed by atoms with Crippen molar-refractivity contribution in [1.29, 1.82) is 0 Å². The Morgan fingerprint density at radius 1 is 1.18 bits per heavy atom. The molecule has 7 nitrogen and oxygen atoms in total. The lowest BCUT2D eigenvalue weighted by atomic mass is 10.0. The number of nitrogens with zero attached hydrogens (tertiary/aromatic N) is 4. The molecule has 0 bridgehead atoms. The number of nitrogens with one attached hydrogen (secondary N) is 1. The SMILES string of the molecule is CN(C)C(=O)CN=C(NCCCN1CCOCC1)N1CCc2ccccc2C1. The number of aliphatic imine (C=N–C) groups is 1. The first kappa shape index (κ1) is 20.6. The molecule has 0 atom stereocenters. The molecule has 154 valence electrons. The van der Waals surface area contributed by atoms with Crippen LogP contribution in [0.15, 0.2) is 29.3 Å². The van der Waals surface area contributed by atoms with E-state index >= 15 is 0 Å². The Bertz CT molecular complexity index is 671. The number of hydrogen-bond acceptors (Lipinski definition) is 4. The van der Waals surface area contributed by atoms with Gasteiger partial charge in [0.1, 0.15) is 6.54 Å². The molecule has 0 saturated carbocycles. The fourth-order valence-corrected chi connectivity index (χ4v) is 3.56. The molecule has 7 heteroatoms. The lowest BCUT2D eigenvalue weighted by Crippen LogP contribution is -2.45. The highest BCUT2D eigenvalue weighted by molar-refractivity contribution is 5.85. The minimum Gasteiger partial charge on any atom is -0.379 e. The van der Waals surface area contributed by atoms with Gasteiger partial charge in [0, 0.05) is 46.8 Å². The monoisotopic (exact) mass is 387 g/mol. The highest BCUT2D eigenvalue weighted by Crippen LogP contribution is 2.18. The maximum absolute atomic E-state index is 12.0. The Kier molecular flexibility index (Phi) is 7.68. The lowest BCUT2D eigenvalue weighted by Gasteiger charge is -2.32. The summed E-state index contributed by atoms with van der Waals surface area (Å²) in [6.07, 6.45) is 2.05. The number of rotatable bonds is 6. The molecule has 2 aliphatic heterocycles. The van der Waals surface area contributed by atoms with E-state index in [0.29, 0.717) is 0 Å². The van der Waals surface area contributed by atoms with Gasteiger partial charge in [-0.3, -0.25) is 9.69 Å². The Morgan fingerprint density at radius 2 is 1.93 bits per heavy atom. The van der Waals surface area contributed by atoms with E-state index in [9.17, 15) is 4.79 Å². The third kappa shape index (κ3) is 5.94. The van der Waals surface area contributed by atoms with E-state index in [1.807, 2.05) is 0 Å². The zero-order valence-electron chi connectivity index (χ0n) is 17.2. The van der Waals surface area contributed by atoms with Crippen molar-refractivity contribution in [2.24, 2.45) is 4.99 Å². The number of carbonyl (C=O) groups is 1. The molecule has 0 unspecified atom stereocenters. The van der Waals surface area contributed by atoms with Crippen LogP contribution in [0.5, 0.6) is 0 Å². The predicted molar refractivity (Wildman–Crippen MR) is 111 cm³/mol. The van der Waals surface area contributed by atoms with Crippen molar-refractivity contribution >= 4 is 11.9 Å². The second-order valence-electron chi connectivity index (χ2n) is 7.60. The topological polar surface area (TPSA) is 60.4 Å². The van der Waals surface area contributed by atoms with Crippen LogP contribution in [0.2, 0.25) is 0 Å². The summed E-state index contributed by atoms with van der Waals surface area (Å²) in [5.74, 6) is 0.858. The third-order valence-electron chi connectivity index (χ3n) is 5.33. The van der Waals surface area contributed by atoms with E-state index < -0.39 is 0 Å². The average molecular weight is 388 g/mol. The van der Waals surface area contributed by atoms with Crippen molar-refractivity contribution in [2.45, 2.75) is 19.4 Å². The van der Waals surface area contributed by atoms with Crippen LogP contribution in [0, 0.1) is 0 Å². The van der Waals surface area contributed by atoms with Gasteiger partial charge in [0.05, 0.1) is 13.2 Å². The Hall–Kier alpha value is -2.12. The summed E-state index contributed by atoms with van der Waals surface area (Å²) in [6, 6.07) is 8.57. The minimum atomic E-state index is 0.0185. The maximum Gasteiger partial charge on any atom is 0.243 e. The van der Waals surface area contributed by atoms with E-state index in [1.54, 1.807) is 19.0 Å². The number of ether oxygens (including phenoxy) is 1. The molecule has 1 aromatic rings. The van der Waals surface area contributed by atoms with Crippen LogP contribution >= 0.6 is 0 Å². The molecule has 1 fully saturated rings. The van der Waals surface area contributed by atoms with Crippen molar-refractivity contribution in [3.05, 3.63) is 35.4 Å². The minimum absolute atomic E-state index is 0.0185. The second-order valence-corrected chi connectivity index (χ2v) is 7.60. The van der Waals surface area contributed by atoms with Crippen molar-refractivity contribution in [1.82, 2.24) is 20.0 Å². The predicted octanol–water partition coefficient (Wildman–Crippen LogP) is 0.801. The van der Waals surface area contributed by atoms with Gasteiger partial charge >= 0.3 is 0 Å².